The molecule has 0 saturated carbocycles. The van der Waals surface area contributed by atoms with Crippen LogP contribution in [0.3, 0.4) is 0 Å². The summed E-state index contributed by atoms with van der Waals surface area (Å²) in [5.41, 5.74) is 0.123. The molecular weight excluding hydrogens is 361 g/mol. The second-order valence-electron chi connectivity index (χ2n) is 5.73. The molecule has 0 aliphatic carbocycles. The molecule has 1 aromatic carbocycles. The van der Waals surface area contributed by atoms with Crippen LogP contribution >= 0.6 is 0 Å². The van der Waals surface area contributed by atoms with Crippen molar-refractivity contribution in [1.82, 2.24) is 14.6 Å². The Hall–Kier alpha value is -2.36. The average molecular weight is 379 g/mol. The van der Waals surface area contributed by atoms with Crippen LogP contribution in [0.25, 0.3) is 0 Å². The molecule has 1 aliphatic heterocycles. The third kappa shape index (κ3) is 3.33. The van der Waals surface area contributed by atoms with Crippen molar-refractivity contribution in [2.24, 2.45) is 0 Å². The molecule has 1 N–H and O–H groups in total. The molecule has 0 spiro atoms. The standard InChI is InChI=1S/C17H18FN3O4S/c1-25-17(22)16-13(18)5-2-6-15(16)26(23,24)21-9-8-20-11-14(21)12-4-3-7-19-10-12/h2-7,10,14,20H,8-9,11H2,1H3. The van der Waals surface area contributed by atoms with Crippen LogP contribution in [-0.2, 0) is 14.8 Å². The first-order chi connectivity index (χ1) is 12.5. The summed E-state index contributed by atoms with van der Waals surface area (Å²) in [6.07, 6.45) is 3.19. The van der Waals surface area contributed by atoms with Gasteiger partial charge in [0.1, 0.15) is 11.4 Å². The van der Waals surface area contributed by atoms with Gasteiger partial charge in [-0.2, -0.15) is 4.31 Å². The first-order valence-electron chi connectivity index (χ1n) is 7.96. The van der Waals surface area contributed by atoms with Gasteiger partial charge in [-0.25, -0.2) is 17.6 Å². The Morgan fingerprint density at radius 1 is 1.35 bits per heavy atom. The van der Waals surface area contributed by atoms with Crippen molar-refractivity contribution in [1.29, 1.82) is 0 Å². The predicted octanol–water partition coefficient (Wildman–Crippen LogP) is 1.34. The zero-order valence-corrected chi connectivity index (χ0v) is 14.9. The van der Waals surface area contributed by atoms with Crippen LogP contribution in [0.4, 0.5) is 4.39 Å². The second-order valence-corrected chi connectivity index (χ2v) is 7.59. The number of halogens is 1. The molecule has 2 aromatic rings. The molecule has 138 valence electrons. The van der Waals surface area contributed by atoms with Gasteiger partial charge in [-0.1, -0.05) is 12.1 Å². The number of pyridine rings is 1. The molecular formula is C17H18FN3O4S. The Labute approximate surface area is 150 Å². The Morgan fingerprint density at radius 2 is 2.15 bits per heavy atom. The minimum atomic E-state index is -4.14. The number of nitrogens with one attached hydrogen (secondary N) is 1. The van der Waals surface area contributed by atoms with Gasteiger partial charge in [-0.3, -0.25) is 4.98 Å². The fourth-order valence-electron chi connectivity index (χ4n) is 2.98. The van der Waals surface area contributed by atoms with Gasteiger partial charge in [-0.05, 0) is 23.8 Å². The smallest absolute Gasteiger partial charge is 0.342 e. The molecule has 3 rings (SSSR count). The quantitative estimate of drug-likeness (QED) is 0.807. The molecule has 1 atom stereocenters. The maximum atomic E-state index is 14.2. The molecule has 9 heteroatoms. The highest BCUT2D eigenvalue weighted by Crippen LogP contribution is 2.31. The van der Waals surface area contributed by atoms with Gasteiger partial charge in [0.25, 0.3) is 0 Å². The topological polar surface area (TPSA) is 88.6 Å². The SMILES string of the molecule is COC(=O)c1c(F)cccc1S(=O)(=O)N1CCNCC1c1cccnc1. The number of ether oxygens (including phenoxy) is 1. The van der Waals surface area contributed by atoms with Crippen molar-refractivity contribution in [3.63, 3.8) is 0 Å². The van der Waals surface area contributed by atoms with Crippen LogP contribution in [0, 0.1) is 5.82 Å². The maximum absolute atomic E-state index is 14.2. The van der Waals surface area contributed by atoms with Gasteiger partial charge in [0, 0.05) is 32.0 Å². The van der Waals surface area contributed by atoms with Crippen LogP contribution in [0.2, 0.25) is 0 Å². The van der Waals surface area contributed by atoms with E-state index in [1.54, 1.807) is 24.5 Å². The number of hydrogen-bond donors (Lipinski definition) is 1. The molecule has 0 amide bonds. The number of nitrogens with zero attached hydrogens (tertiary/aromatic N) is 2. The average Bonchev–Trinajstić information content (AvgIpc) is 2.68. The largest absolute Gasteiger partial charge is 0.465 e. The highest BCUT2D eigenvalue weighted by atomic mass is 32.2. The fraction of sp³-hybridized carbons (Fsp3) is 0.294. The molecule has 1 aromatic heterocycles. The number of esters is 1. The maximum Gasteiger partial charge on any atom is 0.342 e. The van der Waals surface area contributed by atoms with Gasteiger partial charge < -0.3 is 10.1 Å². The van der Waals surface area contributed by atoms with Crippen LogP contribution in [0.1, 0.15) is 22.0 Å². The number of hydrogen-bond acceptors (Lipinski definition) is 6. The van der Waals surface area contributed by atoms with E-state index in [9.17, 15) is 17.6 Å². The van der Waals surface area contributed by atoms with E-state index in [4.69, 9.17) is 0 Å². The Bertz CT molecular complexity index is 905. The number of carbonyl (C=O) groups excluding carboxylic acids is 1. The summed E-state index contributed by atoms with van der Waals surface area (Å²) in [5.74, 6) is -1.97. The summed E-state index contributed by atoms with van der Waals surface area (Å²) >= 11 is 0. The number of methoxy groups -OCH3 is 1. The van der Waals surface area contributed by atoms with Gasteiger partial charge in [0.2, 0.25) is 10.0 Å². The van der Waals surface area contributed by atoms with Gasteiger partial charge >= 0.3 is 5.97 Å². The Balaban J connectivity index is 2.10. The fourth-order valence-corrected chi connectivity index (χ4v) is 4.78. The summed E-state index contributed by atoms with van der Waals surface area (Å²) in [7, 11) is -3.07. The molecule has 1 aliphatic rings. The highest BCUT2D eigenvalue weighted by molar-refractivity contribution is 7.89. The number of carbonyl (C=O) groups is 1. The summed E-state index contributed by atoms with van der Waals surface area (Å²) in [5, 5.41) is 3.15. The van der Waals surface area contributed by atoms with Crippen molar-refractivity contribution in [2.45, 2.75) is 10.9 Å². The number of sulfonamides is 1. The lowest BCUT2D eigenvalue weighted by molar-refractivity contribution is 0.0590. The van der Waals surface area contributed by atoms with Crippen LogP contribution in [-0.4, -0.2) is 50.4 Å². The normalized spacial score (nSPS) is 18.5. The highest BCUT2D eigenvalue weighted by Gasteiger charge is 2.37. The van der Waals surface area contributed by atoms with Crippen molar-refractivity contribution in [2.75, 3.05) is 26.7 Å². The number of aromatic nitrogens is 1. The van der Waals surface area contributed by atoms with Gasteiger partial charge in [0.15, 0.2) is 0 Å². The van der Waals surface area contributed by atoms with E-state index in [-0.39, 0.29) is 6.54 Å². The number of piperazine rings is 1. The Morgan fingerprint density at radius 3 is 2.85 bits per heavy atom. The third-order valence-corrected chi connectivity index (χ3v) is 6.17. The van der Waals surface area contributed by atoms with Crippen molar-refractivity contribution < 1.29 is 22.3 Å². The lowest BCUT2D eigenvalue weighted by Crippen LogP contribution is -2.48. The molecule has 0 radical (unpaired) electrons. The van der Waals surface area contributed by atoms with E-state index in [0.29, 0.717) is 18.7 Å². The summed E-state index contributed by atoms with van der Waals surface area (Å²) in [4.78, 5) is 15.6. The number of rotatable bonds is 4. The molecule has 1 fully saturated rings. The minimum absolute atomic E-state index is 0.180. The van der Waals surface area contributed by atoms with Crippen LogP contribution in [0.5, 0.6) is 0 Å². The van der Waals surface area contributed by atoms with Gasteiger partial charge in [0.05, 0.1) is 18.0 Å². The summed E-state index contributed by atoms with van der Waals surface area (Å²) < 4.78 is 46.6. The van der Waals surface area contributed by atoms with E-state index in [0.717, 1.165) is 13.2 Å². The van der Waals surface area contributed by atoms with E-state index < -0.39 is 38.3 Å². The lowest BCUT2D eigenvalue weighted by Gasteiger charge is -2.35. The minimum Gasteiger partial charge on any atom is -0.465 e. The summed E-state index contributed by atoms with van der Waals surface area (Å²) in [6.45, 7) is 1.01. The molecule has 7 nitrogen and oxygen atoms in total. The van der Waals surface area contributed by atoms with E-state index in [2.05, 4.69) is 15.0 Å². The molecule has 0 bridgehead atoms. The third-order valence-electron chi connectivity index (χ3n) is 4.22. The lowest BCUT2D eigenvalue weighted by atomic mass is 10.1. The summed E-state index contributed by atoms with van der Waals surface area (Å²) in [6, 6.07) is 6.48. The zero-order chi connectivity index (χ0) is 18.7. The van der Waals surface area contributed by atoms with Crippen molar-refractivity contribution >= 4 is 16.0 Å². The zero-order valence-electron chi connectivity index (χ0n) is 14.1. The molecule has 2 heterocycles. The first-order valence-corrected chi connectivity index (χ1v) is 9.40. The second kappa shape index (κ2) is 7.48. The van der Waals surface area contributed by atoms with Crippen molar-refractivity contribution in [3.8, 4) is 0 Å². The number of benzene rings is 1. The molecule has 26 heavy (non-hydrogen) atoms. The van der Waals surface area contributed by atoms with Gasteiger partial charge in [-0.15, -0.1) is 0 Å². The monoisotopic (exact) mass is 379 g/mol. The van der Waals surface area contributed by atoms with Crippen LogP contribution in [0.15, 0.2) is 47.6 Å². The van der Waals surface area contributed by atoms with Crippen LogP contribution < -0.4 is 5.32 Å². The van der Waals surface area contributed by atoms with E-state index in [1.807, 2.05) is 0 Å². The molecule has 1 saturated heterocycles. The first kappa shape index (κ1) is 18.4. The van der Waals surface area contributed by atoms with E-state index >= 15 is 0 Å². The predicted molar refractivity (Wildman–Crippen MR) is 91.5 cm³/mol. The Kier molecular flexibility index (Phi) is 5.30. The van der Waals surface area contributed by atoms with Crippen molar-refractivity contribution in [3.05, 3.63) is 59.7 Å². The van der Waals surface area contributed by atoms with E-state index in [1.165, 1.54) is 16.4 Å². The molecule has 1 unspecified atom stereocenters.